The topological polar surface area (TPSA) is 9.72 Å². The molecule has 166 valence electrons. The second kappa shape index (κ2) is 8.98. The van der Waals surface area contributed by atoms with Crippen LogP contribution in [0, 0.1) is 0 Å². The van der Waals surface area contributed by atoms with E-state index in [2.05, 4.69) is 104 Å². The first-order valence-corrected chi connectivity index (χ1v) is 11.5. The van der Waals surface area contributed by atoms with E-state index in [1.165, 1.54) is 48.1 Å². The molecule has 1 aromatic rings. The Labute approximate surface area is 181 Å². The highest BCUT2D eigenvalue weighted by Crippen LogP contribution is 2.39. The fourth-order valence-electron chi connectivity index (χ4n) is 4.94. The molecule has 1 saturated carbocycles. The number of hydrogen-bond donors (Lipinski definition) is 0. The zero-order valence-electron chi connectivity index (χ0n) is 21.2. The number of benzene rings is 1. The third-order valence-electron chi connectivity index (χ3n) is 6.65. The van der Waals surface area contributed by atoms with Crippen molar-refractivity contribution in [1.29, 1.82) is 0 Å². The van der Waals surface area contributed by atoms with Gasteiger partial charge in [-0.15, -0.1) is 0 Å². The minimum absolute atomic E-state index is 0.116. The highest BCUT2D eigenvalue weighted by Gasteiger charge is 2.31. The molecule has 0 N–H and O–H groups in total. The minimum atomic E-state index is 0.116. The van der Waals surface area contributed by atoms with E-state index in [9.17, 15) is 0 Å². The number of rotatable bonds is 5. The Kier molecular flexibility index (Phi) is 7.49. The van der Waals surface area contributed by atoms with Crippen LogP contribution in [0.5, 0.6) is 0 Å². The summed E-state index contributed by atoms with van der Waals surface area (Å²) in [6.45, 7) is 15.0. The quantitative estimate of drug-likeness (QED) is 0.631. The lowest BCUT2D eigenvalue weighted by atomic mass is 9.78. The Morgan fingerprint density at radius 1 is 0.793 bits per heavy atom. The first-order chi connectivity index (χ1) is 13.2. The van der Waals surface area contributed by atoms with Crippen LogP contribution in [0.4, 0.5) is 5.69 Å². The second-order valence-electron chi connectivity index (χ2n) is 11.7. The van der Waals surface area contributed by atoms with Crippen molar-refractivity contribution in [2.45, 2.75) is 96.7 Å². The minimum Gasteiger partial charge on any atom is -0.377 e. The van der Waals surface area contributed by atoms with Gasteiger partial charge in [-0.1, -0.05) is 66.5 Å². The molecule has 1 aliphatic rings. The van der Waals surface area contributed by atoms with Crippen LogP contribution in [0.2, 0.25) is 0 Å². The molecule has 0 aliphatic heterocycles. The largest absolute Gasteiger partial charge is 0.377 e. The number of nitrogens with zero attached hydrogens (tertiary/aromatic N) is 3. The summed E-state index contributed by atoms with van der Waals surface area (Å²) in [6, 6.07) is 6.23. The molecule has 0 unspecified atom stereocenters. The van der Waals surface area contributed by atoms with Crippen LogP contribution in [-0.2, 0) is 17.4 Å². The molecule has 0 heterocycles. The van der Waals surface area contributed by atoms with Gasteiger partial charge in [-0.3, -0.25) is 4.90 Å². The summed E-state index contributed by atoms with van der Waals surface area (Å²) >= 11 is 0. The van der Waals surface area contributed by atoms with E-state index in [4.69, 9.17) is 0 Å². The predicted octanol–water partition coefficient (Wildman–Crippen LogP) is 5.65. The van der Waals surface area contributed by atoms with E-state index in [-0.39, 0.29) is 10.8 Å². The Bertz CT molecular complexity index is 676. The lowest BCUT2D eigenvalue weighted by Gasteiger charge is -2.42. The van der Waals surface area contributed by atoms with Gasteiger partial charge in [-0.25, -0.2) is 0 Å². The molecule has 3 nitrogen and oxygen atoms in total. The van der Waals surface area contributed by atoms with Crippen molar-refractivity contribution in [2.75, 3.05) is 40.1 Å². The van der Waals surface area contributed by atoms with Crippen LogP contribution in [0.3, 0.4) is 0 Å². The fourth-order valence-corrected chi connectivity index (χ4v) is 4.94. The van der Waals surface area contributed by atoms with E-state index >= 15 is 0 Å². The molecular formula is C26H47N3. The van der Waals surface area contributed by atoms with Crippen LogP contribution < -0.4 is 4.90 Å². The Balaban J connectivity index is 2.52. The smallest absolute Gasteiger partial charge is 0.0444 e. The average molecular weight is 402 g/mol. The van der Waals surface area contributed by atoms with Crippen molar-refractivity contribution in [3.8, 4) is 0 Å². The van der Waals surface area contributed by atoms with E-state index in [1.807, 2.05) is 0 Å². The van der Waals surface area contributed by atoms with Gasteiger partial charge in [0.1, 0.15) is 0 Å². The van der Waals surface area contributed by atoms with Crippen molar-refractivity contribution < 1.29 is 0 Å². The highest BCUT2D eigenvalue weighted by molar-refractivity contribution is 5.63. The van der Waals surface area contributed by atoms with Crippen molar-refractivity contribution >= 4 is 5.69 Å². The van der Waals surface area contributed by atoms with Gasteiger partial charge in [-0.2, -0.15) is 0 Å². The second-order valence-corrected chi connectivity index (χ2v) is 11.7. The zero-order valence-corrected chi connectivity index (χ0v) is 21.2. The highest BCUT2D eigenvalue weighted by atomic mass is 15.2. The molecule has 0 saturated heterocycles. The maximum Gasteiger partial charge on any atom is 0.0444 e. The van der Waals surface area contributed by atoms with Crippen LogP contribution in [-0.4, -0.2) is 57.1 Å². The molecular weight excluding hydrogens is 354 g/mol. The standard InChI is InChI=1S/C26H47N3/c1-25(2,3)20-16-19(24(28(9)10)21(17-20)26(4,5)6)18-29(11)23-15-13-12-14-22(23)27(7)8/h16-17,22-23H,12-15,18H2,1-11H3/t22-,23-/m1/s1. The predicted molar refractivity (Wildman–Crippen MR) is 129 cm³/mol. The number of anilines is 1. The van der Waals surface area contributed by atoms with E-state index in [0.717, 1.165) is 6.54 Å². The summed E-state index contributed by atoms with van der Waals surface area (Å²) in [7, 11) is 11.2. The molecule has 1 aliphatic carbocycles. The van der Waals surface area contributed by atoms with E-state index in [0.29, 0.717) is 12.1 Å². The monoisotopic (exact) mass is 401 g/mol. The van der Waals surface area contributed by atoms with Crippen molar-refractivity contribution in [3.63, 3.8) is 0 Å². The molecule has 2 rings (SSSR count). The molecule has 2 atom stereocenters. The Hall–Kier alpha value is -1.06. The lowest BCUT2D eigenvalue weighted by Crippen LogP contribution is -2.49. The van der Waals surface area contributed by atoms with Gasteiger partial charge in [0.2, 0.25) is 0 Å². The summed E-state index contributed by atoms with van der Waals surface area (Å²) in [4.78, 5) is 7.41. The van der Waals surface area contributed by atoms with Gasteiger partial charge in [0.05, 0.1) is 0 Å². The van der Waals surface area contributed by atoms with Gasteiger partial charge < -0.3 is 9.80 Å². The molecule has 0 amide bonds. The SMILES string of the molecule is CN(C)c1c(CN(C)[C@@H]2CCCC[C@H]2N(C)C)cc(C(C)(C)C)cc1C(C)(C)C. The van der Waals surface area contributed by atoms with Crippen molar-refractivity contribution in [3.05, 3.63) is 28.8 Å². The first-order valence-electron chi connectivity index (χ1n) is 11.5. The normalized spacial score (nSPS) is 21.1. The van der Waals surface area contributed by atoms with Gasteiger partial charge in [0.25, 0.3) is 0 Å². The fraction of sp³-hybridized carbons (Fsp3) is 0.769. The maximum atomic E-state index is 2.63. The Morgan fingerprint density at radius 2 is 1.34 bits per heavy atom. The number of hydrogen-bond acceptors (Lipinski definition) is 3. The third kappa shape index (κ3) is 5.76. The van der Waals surface area contributed by atoms with Gasteiger partial charge in [0, 0.05) is 38.4 Å². The zero-order chi connectivity index (χ0) is 22.1. The number of likely N-dealkylation sites (N-methyl/N-ethyl adjacent to an activating group) is 2. The Morgan fingerprint density at radius 3 is 1.79 bits per heavy atom. The molecule has 0 bridgehead atoms. The lowest BCUT2D eigenvalue weighted by molar-refractivity contribution is 0.0877. The van der Waals surface area contributed by atoms with Crippen LogP contribution >= 0.6 is 0 Å². The average Bonchev–Trinajstić information content (AvgIpc) is 2.59. The van der Waals surface area contributed by atoms with E-state index < -0.39 is 0 Å². The first kappa shape index (κ1) is 24.2. The molecule has 0 spiro atoms. The van der Waals surface area contributed by atoms with Crippen LogP contribution in [0.25, 0.3) is 0 Å². The molecule has 0 aromatic heterocycles. The van der Waals surface area contributed by atoms with Crippen molar-refractivity contribution in [1.82, 2.24) is 9.80 Å². The van der Waals surface area contributed by atoms with Crippen LogP contribution in [0.15, 0.2) is 12.1 Å². The van der Waals surface area contributed by atoms with Crippen LogP contribution in [0.1, 0.15) is 83.9 Å². The molecule has 29 heavy (non-hydrogen) atoms. The maximum absolute atomic E-state index is 2.63. The van der Waals surface area contributed by atoms with E-state index in [1.54, 1.807) is 0 Å². The summed E-state index contributed by atoms with van der Waals surface area (Å²) < 4.78 is 0. The third-order valence-corrected chi connectivity index (χ3v) is 6.65. The van der Waals surface area contributed by atoms with Gasteiger partial charge in [-0.05, 0) is 61.5 Å². The van der Waals surface area contributed by atoms with Crippen molar-refractivity contribution in [2.24, 2.45) is 0 Å². The molecule has 3 heteroatoms. The summed E-state index contributed by atoms with van der Waals surface area (Å²) in [5.74, 6) is 0. The molecule has 1 aromatic carbocycles. The summed E-state index contributed by atoms with van der Waals surface area (Å²) in [5, 5.41) is 0. The van der Waals surface area contributed by atoms with Gasteiger partial charge >= 0.3 is 0 Å². The van der Waals surface area contributed by atoms with Gasteiger partial charge in [0.15, 0.2) is 0 Å². The summed E-state index contributed by atoms with van der Waals surface area (Å²) in [5.41, 5.74) is 6.06. The molecule has 1 fully saturated rings. The molecule has 0 radical (unpaired) electrons. The summed E-state index contributed by atoms with van der Waals surface area (Å²) in [6.07, 6.45) is 5.35.